The number of piperidine rings is 1. The van der Waals surface area contributed by atoms with E-state index < -0.39 is 5.97 Å². The fourth-order valence-corrected chi connectivity index (χ4v) is 2.42. The van der Waals surface area contributed by atoms with E-state index in [0.717, 1.165) is 18.5 Å². The van der Waals surface area contributed by atoms with Crippen LogP contribution in [-0.2, 0) is 4.79 Å². The van der Waals surface area contributed by atoms with Crippen molar-refractivity contribution in [2.45, 2.75) is 32.6 Å². The summed E-state index contributed by atoms with van der Waals surface area (Å²) in [5.74, 6) is -0.438. The quantitative estimate of drug-likeness (QED) is 0.901. The van der Waals surface area contributed by atoms with Gasteiger partial charge in [0, 0.05) is 25.7 Å². The van der Waals surface area contributed by atoms with Crippen LogP contribution in [0.15, 0.2) is 12.4 Å². The van der Waals surface area contributed by atoms with E-state index in [9.17, 15) is 9.59 Å². The smallest absolute Gasteiger partial charge is 0.303 e. The van der Waals surface area contributed by atoms with Crippen molar-refractivity contribution in [3.8, 4) is 0 Å². The van der Waals surface area contributed by atoms with Crippen LogP contribution in [0.3, 0.4) is 0 Å². The number of nitrogens with zero attached hydrogens (tertiary/aromatic N) is 3. The number of aromatic nitrogens is 2. The zero-order valence-corrected chi connectivity index (χ0v) is 11.6. The van der Waals surface area contributed by atoms with Crippen LogP contribution < -0.4 is 0 Å². The molecule has 0 bridgehead atoms. The van der Waals surface area contributed by atoms with Crippen molar-refractivity contribution in [2.24, 2.45) is 5.92 Å². The first-order valence-corrected chi connectivity index (χ1v) is 6.86. The van der Waals surface area contributed by atoms with Crippen molar-refractivity contribution in [3.05, 3.63) is 23.8 Å². The number of rotatable bonds is 4. The maximum absolute atomic E-state index is 12.2. The first kappa shape index (κ1) is 14.4. The Morgan fingerprint density at radius 3 is 2.55 bits per heavy atom. The molecule has 0 unspecified atom stereocenters. The molecule has 1 N–H and O–H groups in total. The normalized spacial score (nSPS) is 16.1. The first-order valence-electron chi connectivity index (χ1n) is 6.86. The number of hydrogen-bond acceptors (Lipinski definition) is 4. The molecule has 1 aromatic heterocycles. The lowest BCUT2D eigenvalue weighted by molar-refractivity contribution is -0.137. The summed E-state index contributed by atoms with van der Waals surface area (Å²) in [5, 5.41) is 8.68. The van der Waals surface area contributed by atoms with Crippen LogP contribution >= 0.6 is 0 Å². The number of amides is 1. The molecule has 2 heterocycles. The SMILES string of the molecule is Cc1cnc(C(=O)N2CCC(CCC(=O)O)CC2)cn1. The maximum atomic E-state index is 12.2. The Balaban J connectivity index is 1.85. The highest BCUT2D eigenvalue weighted by Gasteiger charge is 2.24. The Hall–Kier alpha value is -1.98. The third kappa shape index (κ3) is 3.76. The van der Waals surface area contributed by atoms with Crippen LogP contribution in [0.4, 0.5) is 0 Å². The highest BCUT2D eigenvalue weighted by atomic mass is 16.4. The van der Waals surface area contributed by atoms with Gasteiger partial charge >= 0.3 is 5.97 Å². The molecule has 1 saturated heterocycles. The molecule has 0 radical (unpaired) electrons. The molecule has 6 nitrogen and oxygen atoms in total. The number of aliphatic carboxylic acids is 1. The van der Waals surface area contributed by atoms with Crippen molar-refractivity contribution >= 4 is 11.9 Å². The van der Waals surface area contributed by atoms with E-state index in [0.29, 0.717) is 31.1 Å². The van der Waals surface area contributed by atoms with Gasteiger partial charge in [-0.3, -0.25) is 14.6 Å². The molecule has 20 heavy (non-hydrogen) atoms. The predicted octanol–water partition coefficient (Wildman–Crippen LogP) is 1.50. The molecule has 1 fully saturated rings. The maximum Gasteiger partial charge on any atom is 0.303 e. The summed E-state index contributed by atoms with van der Waals surface area (Å²) in [7, 11) is 0. The Bertz CT molecular complexity index is 479. The van der Waals surface area contributed by atoms with E-state index in [1.165, 1.54) is 6.20 Å². The number of aryl methyl sites for hydroxylation is 1. The number of likely N-dealkylation sites (tertiary alicyclic amines) is 1. The fourth-order valence-electron chi connectivity index (χ4n) is 2.42. The number of hydrogen-bond donors (Lipinski definition) is 1. The number of carbonyl (C=O) groups excluding carboxylic acids is 1. The van der Waals surface area contributed by atoms with Gasteiger partial charge in [-0.2, -0.15) is 0 Å². The van der Waals surface area contributed by atoms with Crippen LogP contribution in [0, 0.1) is 12.8 Å². The summed E-state index contributed by atoms with van der Waals surface area (Å²) in [6.45, 7) is 3.16. The van der Waals surface area contributed by atoms with Crippen LogP contribution in [0.25, 0.3) is 0 Å². The van der Waals surface area contributed by atoms with Crippen molar-refractivity contribution in [3.63, 3.8) is 0 Å². The third-order valence-electron chi connectivity index (χ3n) is 3.67. The van der Waals surface area contributed by atoms with Gasteiger partial charge in [0.1, 0.15) is 5.69 Å². The number of carbonyl (C=O) groups is 2. The lowest BCUT2D eigenvalue weighted by Gasteiger charge is -2.31. The predicted molar refractivity (Wildman–Crippen MR) is 72.3 cm³/mol. The van der Waals surface area contributed by atoms with Gasteiger partial charge in [0.05, 0.1) is 11.9 Å². The number of carboxylic acids is 1. The van der Waals surface area contributed by atoms with Gasteiger partial charge in [-0.1, -0.05) is 0 Å². The van der Waals surface area contributed by atoms with E-state index in [1.54, 1.807) is 11.1 Å². The molecule has 2 rings (SSSR count). The summed E-state index contributed by atoms with van der Waals surface area (Å²) >= 11 is 0. The zero-order valence-electron chi connectivity index (χ0n) is 11.6. The van der Waals surface area contributed by atoms with E-state index in [-0.39, 0.29) is 12.3 Å². The van der Waals surface area contributed by atoms with Crippen molar-refractivity contribution < 1.29 is 14.7 Å². The fraction of sp³-hybridized carbons (Fsp3) is 0.571. The highest BCUT2D eigenvalue weighted by molar-refractivity contribution is 5.92. The molecule has 1 aromatic rings. The molecule has 6 heteroatoms. The van der Waals surface area contributed by atoms with Crippen molar-refractivity contribution in [1.82, 2.24) is 14.9 Å². The minimum Gasteiger partial charge on any atom is -0.481 e. The van der Waals surface area contributed by atoms with Crippen LogP contribution in [0.5, 0.6) is 0 Å². The lowest BCUT2D eigenvalue weighted by Crippen LogP contribution is -2.39. The third-order valence-corrected chi connectivity index (χ3v) is 3.67. The van der Waals surface area contributed by atoms with E-state index in [4.69, 9.17) is 5.11 Å². The van der Waals surface area contributed by atoms with E-state index in [1.807, 2.05) is 6.92 Å². The average Bonchev–Trinajstić information content (AvgIpc) is 2.46. The summed E-state index contributed by atoms with van der Waals surface area (Å²) < 4.78 is 0. The molecule has 0 aromatic carbocycles. The molecule has 0 saturated carbocycles. The topological polar surface area (TPSA) is 83.4 Å². The molecular weight excluding hydrogens is 258 g/mol. The minimum absolute atomic E-state index is 0.0887. The second-order valence-electron chi connectivity index (χ2n) is 5.21. The zero-order chi connectivity index (χ0) is 14.5. The highest BCUT2D eigenvalue weighted by Crippen LogP contribution is 2.22. The second kappa shape index (κ2) is 6.45. The Morgan fingerprint density at radius 1 is 1.30 bits per heavy atom. The van der Waals surface area contributed by atoms with Gasteiger partial charge in [-0.25, -0.2) is 4.98 Å². The van der Waals surface area contributed by atoms with Crippen molar-refractivity contribution in [2.75, 3.05) is 13.1 Å². The van der Waals surface area contributed by atoms with Gasteiger partial charge in [-0.05, 0) is 32.1 Å². The molecule has 0 atom stereocenters. The van der Waals surface area contributed by atoms with Gasteiger partial charge < -0.3 is 10.0 Å². The first-order chi connectivity index (χ1) is 9.56. The summed E-state index contributed by atoms with van der Waals surface area (Å²) in [6.07, 6.45) is 5.72. The van der Waals surface area contributed by atoms with E-state index >= 15 is 0 Å². The molecule has 1 aliphatic rings. The van der Waals surface area contributed by atoms with Crippen LogP contribution in [0.2, 0.25) is 0 Å². The summed E-state index contributed by atoms with van der Waals surface area (Å²) in [5.41, 5.74) is 1.16. The second-order valence-corrected chi connectivity index (χ2v) is 5.21. The number of carboxylic acid groups (broad SMARTS) is 1. The minimum atomic E-state index is -0.751. The monoisotopic (exact) mass is 277 g/mol. The standard InChI is InChI=1S/C14H19N3O3/c1-10-8-16-12(9-15-10)14(20)17-6-4-11(5-7-17)2-3-13(18)19/h8-9,11H,2-7H2,1H3,(H,18,19). The van der Waals surface area contributed by atoms with Gasteiger partial charge in [0.15, 0.2) is 0 Å². The molecule has 108 valence electrons. The van der Waals surface area contributed by atoms with Gasteiger partial charge in [0.25, 0.3) is 5.91 Å². The Kier molecular flexibility index (Phi) is 4.65. The summed E-state index contributed by atoms with van der Waals surface area (Å²) in [4.78, 5) is 32.7. The molecule has 1 aliphatic heterocycles. The Morgan fingerprint density at radius 2 is 2.00 bits per heavy atom. The van der Waals surface area contributed by atoms with Gasteiger partial charge in [-0.15, -0.1) is 0 Å². The molecule has 0 aliphatic carbocycles. The molecular formula is C14H19N3O3. The largest absolute Gasteiger partial charge is 0.481 e. The van der Waals surface area contributed by atoms with Gasteiger partial charge in [0.2, 0.25) is 0 Å². The lowest BCUT2D eigenvalue weighted by atomic mass is 9.92. The van der Waals surface area contributed by atoms with E-state index in [2.05, 4.69) is 9.97 Å². The average molecular weight is 277 g/mol. The molecule has 0 spiro atoms. The summed E-state index contributed by atoms with van der Waals surface area (Å²) in [6, 6.07) is 0. The molecule has 1 amide bonds. The van der Waals surface area contributed by atoms with Crippen LogP contribution in [-0.4, -0.2) is 44.9 Å². The van der Waals surface area contributed by atoms with Crippen molar-refractivity contribution in [1.29, 1.82) is 0 Å². The van der Waals surface area contributed by atoms with Crippen LogP contribution in [0.1, 0.15) is 41.9 Å². The Labute approximate surface area is 117 Å².